The average Bonchev–Trinajstić information content (AvgIpc) is 2.69. The summed E-state index contributed by atoms with van der Waals surface area (Å²) in [6.07, 6.45) is 0. The Bertz CT molecular complexity index is 991. The normalized spacial score (nSPS) is 10.5. The topological polar surface area (TPSA) is 58.6 Å². The Morgan fingerprint density at radius 2 is 1.54 bits per heavy atom. The molecule has 0 spiro atoms. The summed E-state index contributed by atoms with van der Waals surface area (Å²) in [7, 11) is 0. The van der Waals surface area contributed by atoms with Gasteiger partial charge in [0.15, 0.2) is 0 Å². The molecular formula is C21H16Cl3NO3. The van der Waals surface area contributed by atoms with Crippen molar-refractivity contribution < 1.29 is 14.6 Å². The van der Waals surface area contributed by atoms with Crippen LogP contribution in [0, 0.1) is 0 Å². The summed E-state index contributed by atoms with van der Waals surface area (Å²) in [4.78, 5) is 11.1. The molecule has 0 aliphatic rings. The Morgan fingerprint density at radius 3 is 2.21 bits per heavy atom. The summed E-state index contributed by atoms with van der Waals surface area (Å²) < 4.78 is 5.76. The van der Waals surface area contributed by atoms with E-state index >= 15 is 0 Å². The highest BCUT2D eigenvalue weighted by molar-refractivity contribution is 6.42. The van der Waals surface area contributed by atoms with E-state index in [0.717, 1.165) is 16.9 Å². The third kappa shape index (κ3) is 5.32. The number of carbonyl (C=O) groups is 1. The second kappa shape index (κ2) is 9.20. The predicted molar refractivity (Wildman–Crippen MR) is 113 cm³/mol. The number of carboxylic acid groups (broad SMARTS) is 1. The van der Waals surface area contributed by atoms with Gasteiger partial charge in [-0.3, -0.25) is 0 Å². The van der Waals surface area contributed by atoms with E-state index in [9.17, 15) is 4.79 Å². The number of anilines is 1. The molecule has 0 aliphatic heterocycles. The smallest absolute Gasteiger partial charge is 0.337 e. The number of rotatable bonds is 7. The number of aromatic carboxylic acids is 1. The van der Waals surface area contributed by atoms with Crippen LogP contribution in [0.15, 0.2) is 60.7 Å². The van der Waals surface area contributed by atoms with Crippen molar-refractivity contribution in [1.82, 2.24) is 0 Å². The molecule has 0 bridgehead atoms. The lowest BCUT2D eigenvalue weighted by Crippen LogP contribution is -2.03. The maximum absolute atomic E-state index is 11.1. The van der Waals surface area contributed by atoms with Crippen molar-refractivity contribution in [2.75, 3.05) is 5.32 Å². The van der Waals surface area contributed by atoms with Crippen LogP contribution in [0.2, 0.25) is 15.1 Å². The zero-order chi connectivity index (χ0) is 20.1. The molecule has 144 valence electrons. The first-order valence-corrected chi connectivity index (χ1v) is 9.48. The van der Waals surface area contributed by atoms with Crippen molar-refractivity contribution in [1.29, 1.82) is 0 Å². The van der Waals surface area contributed by atoms with Gasteiger partial charge in [0.05, 0.1) is 20.6 Å². The Kier molecular flexibility index (Phi) is 6.68. The van der Waals surface area contributed by atoms with Crippen LogP contribution in [0.5, 0.6) is 5.75 Å². The van der Waals surface area contributed by atoms with Gasteiger partial charge in [0.25, 0.3) is 0 Å². The third-order valence-corrected chi connectivity index (χ3v) is 5.07. The van der Waals surface area contributed by atoms with Gasteiger partial charge >= 0.3 is 5.97 Å². The van der Waals surface area contributed by atoms with Crippen molar-refractivity contribution in [2.24, 2.45) is 0 Å². The minimum atomic E-state index is -1.06. The fourth-order valence-corrected chi connectivity index (χ4v) is 3.02. The van der Waals surface area contributed by atoms with Crippen molar-refractivity contribution in [3.8, 4) is 5.75 Å². The lowest BCUT2D eigenvalue weighted by molar-refractivity contribution is 0.0697. The zero-order valence-corrected chi connectivity index (χ0v) is 16.9. The van der Waals surface area contributed by atoms with Crippen LogP contribution >= 0.6 is 34.8 Å². The Balaban J connectivity index is 1.56. The molecule has 0 radical (unpaired) electrons. The van der Waals surface area contributed by atoms with Crippen molar-refractivity contribution in [3.63, 3.8) is 0 Å². The fraction of sp³-hybridized carbons (Fsp3) is 0.0952. The van der Waals surface area contributed by atoms with Crippen LogP contribution in [0.25, 0.3) is 0 Å². The highest BCUT2D eigenvalue weighted by Crippen LogP contribution is 2.24. The van der Waals surface area contributed by atoms with Crippen molar-refractivity contribution >= 4 is 46.5 Å². The van der Waals surface area contributed by atoms with E-state index in [0.29, 0.717) is 28.9 Å². The predicted octanol–water partition coefficient (Wildman–Crippen LogP) is 6.54. The van der Waals surface area contributed by atoms with Gasteiger partial charge in [-0.05, 0) is 53.6 Å². The molecule has 0 aromatic heterocycles. The minimum absolute atomic E-state index is 0.0673. The first-order valence-electron chi connectivity index (χ1n) is 8.35. The van der Waals surface area contributed by atoms with Crippen LogP contribution in [-0.2, 0) is 13.2 Å². The van der Waals surface area contributed by atoms with Gasteiger partial charge in [0.1, 0.15) is 12.4 Å². The molecule has 3 aromatic rings. The molecule has 0 fully saturated rings. The number of carboxylic acids is 1. The van der Waals surface area contributed by atoms with Crippen LogP contribution in [0.1, 0.15) is 21.5 Å². The van der Waals surface area contributed by atoms with E-state index in [2.05, 4.69) is 5.32 Å². The monoisotopic (exact) mass is 435 g/mol. The molecule has 4 nitrogen and oxygen atoms in total. The van der Waals surface area contributed by atoms with Crippen LogP contribution in [0.3, 0.4) is 0 Å². The van der Waals surface area contributed by atoms with Gasteiger partial charge in [0.2, 0.25) is 0 Å². The van der Waals surface area contributed by atoms with E-state index in [1.165, 1.54) is 6.07 Å². The highest BCUT2D eigenvalue weighted by atomic mass is 35.5. The Morgan fingerprint density at radius 1 is 0.857 bits per heavy atom. The molecule has 0 heterocycles. The molecule has 2 N–H and O–H groups in total. The first kappa shape index (κ1) is 20.3. The van der Waals surface area contributed by atoms with E-state index in [1.54, 1.807) is 24.3 Å². The van der Waals surface area contributed by atoms with Crippen LogP contribution in [0.4, 0.5) is 5.69 Å². The number of halogens is 3. The Labute approximate surface area is 177 Å². The van der Waals surface area contributed by atoms with E-state index in [-0.39, 0.29) is 10.6 Å². The molecule has 0 atom stereocenters. The third-order valence-electron chi connectivity index (χ3n) is 4.01. The highest BCUT2D eigenvalue weighted by Gasteiger charge is 2.09. The Hall–Kier alpha value is -2.40. The van der Waals surface area contributed by atoms with Crippen molar-refractivity contribution in [2.45, 2.75) is 13.2 Å². The van der Waals surface area contributed by atoms with Crippen LogP contribution in [-0.4, -0.2) is 11.1 Å². The largest absolute Gasteiger partial charge is 0.489 e. The number of hydrogen-bond donors (Lipinski definition) is 2. The summed E-state index contributed by atoms with van der Waals surface area (Å²) >= 11 is 17.8. The molecule has 0 saturated heterocycles. The molecule has 3 rings (SSSR count). The molecule has 28 heavy (non-hydrogen) atoms. The number of hydrogen-bond acceptors (Lipinski definition) is 3. The fourth-order valence-electron chi connectivity index (χ4n) is 2.50. The summed E-state index contributed by atoms with van der Waals surface area (Å²) in [6.45, 7) is 0.922. The molecule has 0 unspecified atom stereocenters. The number of nitrogens with one attached hydrogen (secondary N) is 1. The number of ether oxygens (including phenoxy) is 1. The molecule has 3 aromatic carbocycles. The summed E-state index contributed by atoms with van der Waals surface area (Å²) in [6, 6.07) is 17.8. The minimum Gasteiger partial charge on any atom is -0.489 e. The first-order chi connectivity index (χ1) is 13.4. The van der Waals surface area contributed by atoms with Gasteiger partial charge in [-0.25, -0.2) is 4.79 Å². The van der Waals surface area contributed by atoms with Gasteiger partial charge in [-0.15, -0.1) is 0 Å². The quantitative estimate of drug-likeness (QED) is 0.442. The maximum Gasteiger partial charge on any atom is 0.337 e. The van der Waals surface area contributed by atoms with Gasteiger partial charge in [0, 0.05) is 12.2 Å². The second-order valence-corrected chi connectivity index (χ2v) is 7.26. The van der Waals surface area contributed by atoms with Crippen molar-refractivity contribution in [3.05, 3.63) is 92.4 Å². The lowest BCUT2D eigenvalue weighted by atomic mass is 10.1. The molecular weight excluding hydrogens is 421 g/mol. The van der Waals surface area contributed by atoms with Gasteiger partial charge < -0.3 is 15.2 Å². The number of benzene rings is 3. The second-order valence-electron chi connectivity index (χ2n) is 6.03. The summed E-state index contributed by atoms with van der Waals surface area (Å²) in [5.41, 5.74) is 2.70. The molecule has 0 amide bonds. The summed E-state index contributed by atoms with van der Waals surface area (Å²) in [5, 5.41) is 13.5. The maximum atomic E-state index is 11.1. The van der Waals surface area contributed by atoms with Gasteiger partial charge in [-0.1, -0.05) is 53.0 Å². The standard InChI is InChI=1S/C21H16Cl3NO3/c22-18-8-4-15(10-17(18)21(26)27)25-11-13-1-5-16(6-2-13)28-12-14-3-7-19(23)20(24)9-14/h1-10,25H,11-12H2,(H,26,27). The molecule has 0 aliphatic carbocycles. The summed E-state index contributed by atoms with van der Waals surface area (Å²) in [5.74, 6) is -0.327. The molecule has 7 heteroatoms. The lowest BCUT2D eigenvalue weighted by Gasteiger charge is -2.10. The van der Waals surface area contributed by atoms with E-state index in [1.807, 2.05) is 30.3 Å². The SMILES string of the molecule is O=C(O)c1cc(NCc2ccc(OCc3ccc(Cl)c(Cl)c3)cc2)ccc1Cl. The zero-order valence-electron chi connectivity index (χ0n) is 14.6. The van der Waals surface area contributed by atoms with Gasteiger partial charge in [-0.2, -0.15) is 0 Å². The average molecular weight is 437 g/mol. The van der Waals surface area contributed by atoms with E-state index < -0.39 is 5.97 Å². The van der Waals surface area contributed by atoms with E-state index in [4.69, 9.17) is 44.6 Å². The van der Waals surface area contributed by atoms with Crippen LogP contribution < -0.4 is 10.1 Å². The molecule has 0 saturated carbocycles.